The van der Waals surface area contributed by atoms with Gasteiger partial charge in [0.05, 0.1) is 6.26 Å². The van der Waals surface area contributed by atoms with Gasteiger partial charge >= 0.3 is 75.6 Å². The van der Waals surface area contributed by atoms with Gasteiger partial charge in [0, 0.05) is 0 Å². The first-order valence-electron chi connectivity index (χ1n) is 1.76. The van der Waals surface area contributed by atoms with Crippen LogP contribution >= 0.6 is 16.5 Å². The van der Waals surface area contributed by atoms with Crippen LogP contribution in [0.5, 0.6) is 0 Å². The van der Waals surface area contributed by atoms with Crippen molar-refractivity contribution in [2.75, 3.05) is 0 Å². The molecule has 0 fully saturated rings. The molecule has 0 aromatic rings. The summed E-state index contributed by atoms with van der Waals surface area (Å²) in [5, 5.41) is 7.33. The fourth-order valence-electron chi connectivity index (χ4n) is 0.0544. The van der Waals surface area contributed by atoms with Crippen molar-refractivity contribution in [3.63, 3.8) is 0 Å². The molecule has 0 aliphatic heterocycles. The van der Waals surface area contributed by atoms with Crippen LogP contribution in [0.2, 0.25) is 0 Å². The SMILES string of the molecule is C=CO.O=[P+]([O-])O[P+](=O)[O-].[Na+].[Na+]. The van der Waals surface area contributed by atoms with Gasteiger partial charge in [-0.25, -0.2) is 0 Å². The van der Waals surface area contributed by atoms with E-state index in [1.54, 1.807) is 0 Å². The van der Waals surface area contributed by atoms with Crippen molar-refractivity contribution in [1.29, 1.82) is 0 Å². The minimum Gasteiger partial charge on any atom is -0.563 e. The Morgan fingerprint density at radius 1 is 1.25 bits per heavy atom. The third kappa shape index (κ3) is 41.5. The molecule has 0 saturated carbocycles. The van der Waals surface area contributed by atoms with Crippen LogP contribution in [0.15, 0.2) is 12.8 Å². The van der Waals surface area contributed by atoms with Crippen molar-refractivity contribution < 1.29 is 87.4 Å². The molecule has 6 nitrogen and oxygen atoms in total. The summed E-state index contributed by atoms with van der Waals surface area (Å²) in [6, 6.07) is 0. The Morgan fingerprint density at radius 2 is 1.42 bits per heavy atom. The van der Waals surface area contributed by atoms with Crippen LogP contribution in [0.25, 0.3) is 0 Å². The number of aliphatic hydroxyl groups is 1. The van der Waals surface area contributed by atoms with E-state index in [9.17, 15) is 18.9 Å². The Labute approximate surface area is 115 Å². The van der Waals surface area contributed by atoms with Crippen molar-refractivity contribution in [3.8, 4) is 0 Å². The second-order valence-electron chi connectivity index (χ2n) is 0.711. The van der Waals surface area contributed by atoms with E-state index in [0.29, 0.717) is 0 Å². The second-order valence-corrected chi connectivity index (χ2v) is 2.26. The first kappa shape index (κ1) is 23.4. The average molecular weight is 232 g/mol. The normalized spacial score (nSPS) is 8.83. The van der Waals surface area contributed by atoms with Crippen LogP contribution in [0.4, 0.5) is 0 Å². The molecule has 2 atom stereocenters. The fraction of sp³-hybridized carbons (Fsp3) is 0. The quantitative estimate of drug-likeness (QED) is 0.288. The minimum atomic E-state index is -3.24. The van der Waals surface area contributed by atoms with E-state index in [1.165, 1.54) is 0 Å². The Bertz CT molecular complexity index is 128. The summed E-state index contributed by atoms with van der Waals surface area (Å²) in [4.78, 5) is 18.5. The Hall–Kier alpha value is 1.62. The molecule has 0 amide bonds. The van der Waals surface area contributed by atoms with Crippen LogP contribution in [0.3, 0.4) is 0 Å². The molecule has 0 spiro atoms. The standard InChI is InChI=1S/C2H4O.2Na.O5P2/c1-2-3;;;1-6(2)5-7(3)4/h2-3H,1H2;;;/q;2*+1;. The third-order valence-electron chi connectivity index (χ3n) is 0.133. The van der Waals surface area contributed by atoms with Gasteiger partial charge in [0.2, 0.25) is 0 Å². The molecule has 0 aliphatic rings. The summed E-state index contributed by atoms with van der Waals surface area (Å²) in [5.41, 5.74) is 0. The zero-order valence-corrected chi connectivity index (χ0v) is 12.5. The third-order valence-corrected chi connectivity index (χ3v) is 1.20. The van der Waals surface area contributed by atoms with Crippen LogP contribution in [-0.2, 0) is 13.4 Å². The van der Waals surface area contributed by atoms with Crippen molar-refractivity contribution in [3.05, 3.63) is 12.8 Å². The van der Waals surface area contributed by atoms with E-state index in [0.717, 1.165) is 6.26 Å². The molecule has 0 aromatic heterocycles. The molecule has 58 valence electrons. The average Bonchev–Trinajstić information content (AvgIpc) is 1.62. The van der Waals surface area contributed by atoms with Gasteiger partial charge in [0.25, 0.3) is 0 Å². The number of hydrogen-bond acceptors (Lipinski definition) is 6. The van der Waals surface area contributed by atoms with Crippen LogP contribution < -0.4 is 68.9 Å². The molecule has 0 rings (SSSR count). The fourth-order valence-corrected chi connectivity index (χ4v) is 0.490. The van der Waals surface area contributed by atoms with E-state index in [-0.39, 0.29) is 59.1 Å². The monoisotopic (exact) mass is 232 g/mol. The van der Waals surface area contributed by atoms with Crippen molar-refractivity contribution in [2.45, 2.75) is 0 Å². The maximum atomic E-state index is 9.24. The number of aliphatic hydroxyl groups excluding tert-OH is 1. The number of rotatable bonds is 2. The molecule has 0 aliphatic carbocycles. The second kappa shape index (κ2) is 18.4. The molecule has 0 bridgehead atoms. The van der Waals surface area contributed by atoms with Crippen molar-refractivity contribution in [1.82, 2.24) is 0 Å². The smallest absolute Gasteiger partial charge is 0.563 e. The number of hydrogen-bond donors (Lipinski definition) is 1. The van der Waals surface area contributed by atoms with Gasteiger partial charge in [0.15, 0.2) is 0 Å². The summed E-state index contributed by atoms with van der Waals surface area (Å²) in [6.45, 7) is 2.92. The summed E-state index contributed by atoms with van der Waals surface area (Å²) < 4.78 is 21.6. The van der Waals surface area contributed by atoms with Gasteiger partial charge in [-0.3, -0.25) is 0 Å². The van der Waals surface area contributed by atoms with Crippen molar-refractivity contribution in [2.24, 2.45) is 0 Å². The molecule has 12 heavy (non-hydrogen) atoms. The Balaban J connectivity index is -0.0000000569. The van der Waals surface area contributed by atoms with Gasteiger partial charge in [-0.05, 0) is 9.13 Å². The molecular weight excluding hydrogens is 228 g/mol. The molecule has 1 N–H and O–H groups in total. The molecule has 10 heteroatoms. The summed E-state index contributed by atoms with van der Waals surface area (Å²) >= 11 is 0. The van der Waals surface area contributed by atoms with Gasteiger partial charge in [0.1, 0.15) is 4.31 Å². The van der Waals surface area contributed by atoms with Crippen LogP contribution in [0, 0.1) is 0 Å². The molecule has 0 saturated heterocycles. The first-order valence-corrected chi connectivity index (χ1v) is 3.95. The maximum Gasteiger partial charge on any atom is 1.00 e. The Morgan fingerprint density at radius 3 is 1.42 bits per heavy atom. The minimum absolute atomic E-state index is 0. The van der Waals surface area contributed by atoms with E-state index >= 15 is 0 Å². The van der Waals surface area contributed by atoms with E-state index in [1.807, 2.05) is 0 Å². The predicted octanol–water partition coefficient (Wildman–Crippen LogP) is -6.27. The molecule has 2 unspecified atom stereocenters. The first-order chi connectivity index (χ1) is 4.54. The van der Waals surface area contributed by atoms with Gasteiger partial charge < -0.3 is 14.9 Å². The van der Waals surface area contributed by atoms with Crippen LogP contribution in [-0.4, -0.2) is 5.11 Å². The Kier molecular flexibility index (Phi) is 36.0. The predicted molar refractivity (Wildman–Crippen MR) is 29.1 cm³/mol. The maximum absolute atomic E-state index is 9.24. The topological polar surface area (TPSA) is 110 Å². The molecule has 0 aromatic carbocycles. The largest absolute Gasteiger partial charge is 1.00 e. The van der Waals surface area contributed by atoms with Gasteiger partial charge in [-0.1, -0.05) is 6.58 Å². The van der Waals surface area contributed by atoms with E-state index in [4.69, 9.17) is 5.11 Å². The van der Waals surface area contributed by atoms with E-state index in [2.05, 4.69) is 10.9 Å². The molecule has 0 radical (unpaired) electrons. The van der Waals surface area contributed by atoms with Gasteiger partial charge in [-0.2, -0.15) is 0 Å². The van der Waals surface area contributed by atoms with E-state index < -0.39 is 16.5 Å². The summed E-state index contributed by atoms with van der Waals surface area (Å²) in [6.07, 6.45) is 0.750. The molecular formula is C2H4Na2O6P2+2. The zero-order valence-electron chi connectivity index (χ0n) is 6.67. The zero-order chi connectivity index (χ0) is 8.57. The van der Waals surface area contributed by atoms with Crippen molar-refractivity contribution >= 4 is 16.5 Å². The summed E-state index contributed by atoms with van der Waals surface area (Å²) in [5.74, 6) is 0. The summed E-state index contributed by atoms with van der Waals surface area (Å²) in [7, 11) is -6.47. The van der Waals surface area contributed by atoms with Gasteiger partial charge in [-0.15, -0.1) is 0 Å². The molecule has 0 heterocycles. The van der Waals surface area contributed by atoms with Crippen LogP contribution in [0.1, 0.15) is 0 Å².